The Balaban J connectivity index is 2.02. The third kappa shape index (κ3) is 2.68. The number of halogens is 2. The Morgan fingerprint density at radius 1 is 1.14 bits per heavy atom. The van der Waals surface area contributed by atoms with Crippen LogP contribution in [0.1, 0.15) is 12.5 Å². The molecular formula is C17H15BrFNO. The summed E-state index contributed by atoms with van der Waals surface area (Å²) < 4.78 is 21.9. The van der Waals surface area contributed by atoms with Crippen LogP contribution in [0.5, 0.6) is 5.75 Å². The van der Waals surface area contributed by atoms with Crippen molar-refractivity contribution in [2.75, 3.05) is 6.61 Å². The highest BCUT2D eigenvalue weighted by Crippen LogP contribution is 2.28. The second kappa shape index (κ2) is 5.90. The highest BCUT2D eigenvalue weighted by atomic mass is 79.9. The molecule has 21 heavy (non-hydrogen) atoms. The molecular weight excluding hydrogens is 333 g/mol. The van der Waals surface area contributed by atoms with Crippen LogP contribution in [-0.4, -0.2) is 11.2 Å². The van der Waals surface area contributed by atoms with Gasteiger partial charge < -0.3 is 9.30 Å². The molecule has 0 bridgehead atoms. The minimum atomic E-state index is -0.237. The molecule has 1 heterocycles. The Morgan fingerprint density at radius 3 is 2.76 bits per heavy atom. The lowest BCUT2D eigenvalue weighted by atomic mass is 10.2. The smallest absolute Gasteiger partial charge is 0.137 e. The molecule has 0 atom stereocenters. The summed E-state index contributed by atoms with van der Waals surface area (Å²) >= 11 is 3.32. The van der Waals surface area contributed by atoms with E-state index in [0.717, 1.165) is 22.2 Å². The fraction of sp³-hybridized carbons (Fsp3) is 0.176. The molecule has 1 aromatic heterocycles. The highest BCUT2D eigenvalue weighted by Gasteiger charge is 2.09. The SMILES string of the molecule is CCOc1cccc2c1ccn2Cc1cccc(F)c1Br. The van der Waals surface area contributed by atoms with Crippen LogP contribution in [0.2, 0.25) is 0 Å². The first-order valence-corrected chi connectivity index (χ1v) is 7.63. The van der Waals surface area contributed by atoms with Gasteiger partial charge >= 0.3 is 0 Å². The summed E-state index contributed by atoms with van der Waals surface area (Å²) in [5.74, 6) is 0.644. The number of aromatic nitrogens is 1. The van der Waals surface area contributed by atoms with Crippen molar-refractivity contribution in [3.63, 3.8) is 0 Å². The first kappa shape index (κ1) is 14.1. The van der Waals surface area contributed by atoms with Crippen molar-refractivity contribution in [3.05, 3.63) is 64.5 Å². The van der Waals surface area contributed by atoms with Gasteiger partial charge in [0.05, 0.1) is 16.6 Å². The van der Waals surface area contributed by atoms with Crippen molar-refractivity contribution in [3.8, 4) is 5.75 Å². The number of hydrogen-bond acceptors (Lipinski definition) is 1. The maximum absolute atomic E-state index is 13.6. The van der Waals surface area contributed by atoms with E-state index in [4.69, 9.17) is 4.74 Å². The third-order valence-corrected chi connectivity index (χ3v) is 4.33. The summed E-state index contributed by atoms with van der Waals surface area (Å²) in [4.78, 5) is 0. The molecule has 0 aliphatic heterocycles. The average molecular weight is 348 g/mol. The Morgan fingerprint density at radius 2 is 1.95 bits per heavy atom. The topological polar surface area (TPSA) is 14.2 Å². The van der Waals surface area contributed by atoms with Gasteiger partial charge in [0.1, 0.15) is 11.6 Å². The quantitative estimate of drug-likeness (QED) is 0.648. The molecule has 4 heteroatoms. The second-order valence-corrected chi connectivity index (χ2v) is 5.57. The van der Waals surface area contributed by atoms with Crippen LogP contribution in [0, 0.1) is 5.82 Å². The molecule has 0 unspecified atom stereocenters. The lowest BCUT2D eigenvalue weighted by Crippen LogP contribution is -2.00. The van der Waals surface area contributed by atoms with E-state index in [9.17, 15) is 4.39 Å². The van der Waals surface area contributed by atoms with Gasteiger partial charge in [0.25, 0.3) is 0 Å². The van der Waals surface area contributed by atoms with E-state index in [-0.39, 0.29) is 5.82 Å². The molecule has 0 aliphatic rings. The monoisotopic (exact) mass is 347 g/mol. The minimum Gasteiger partial charge on any atom is -0.493 e. The maximum atomic E-state index is 13.6. The molecule has 108 valence electrons. The number of fused-ring (bicyclic) bond motifs is 1. The van der Waals surface area contributed by atoms with Crippen molar-refractivity contribution < 1.29 is 9.13 Å². The number of ether oxygens (including phenoxy) is 1. The normalized spacial score (nSPS) is 11.0. The molecule has 0 spiro atoms. The molecule has 0 saturated carbocycles. The van der Waals surface area contributed by atoms with Crippen molar-refractivity contribution in [1.29, 1.82) is 0 Å². The van der Waals surface area contributed by atoms with Crippen LogP contribution in [0.4, 0.5) is 4.39 Å². The average Bonchev–Trinajstić information content (AvgIpc) is 2.89. The zero-order chi connectivity index (χ0) is 14.8. The van der Waals surface area contributed by atoms with Gasteiger partial charge in [-0.3, -0.25) is 0 Å². The number of benzene rings is 2. The molecule has 3 aromatic rings. The van der Waals surface area contributed by atoms with Gasteiger partial charge in [-0.05, 0) is 52.7 Å². The van der Waals surface area contributed by atoms with Gasteiger partial charge in [-0.2, -0.15) is 0 Å². The molecule has 0 amide bonds. The van der Waals surface area contributed by atoms with Gasteiger partial charge in [0.2, 0.25) is 0 Å². The predicted molar refractivity (Wildman–Crippen MR) is 86.3 cm³/mol. The van der Waals surface area contributed by atoms with Crippen LogP contribution >= 0.6 is 15.9 Å². The van der Waals surface area contributed by atoms with E-state index < -0.39 is 0 Å². The maximum Gasteiger partial charge on any atom is 0.137 e. The highest BCUT2D eigenvalue weighted by molar-refractivity contribution is 9.10. The molecule has 2 aromatic carbocycles. The minimum absolute atomic E-state index is 0.237. The summed E-state index contributed by atoms with van der Waals surface area (Å²) in [6.07, 6.45) is 2.00. The van der Waals surface area contributed by atoms with E-state index in [2.05, 4.69) is 20.5 Å². The number of nitrogens with zero attached hydrogens (tertiary/aromatic N) is 1. The molecule has 0 fully saturated rings. The van der Waals surface area contributed by atoms with Crippen molar-refractivity contribution in [1.82, 2.24) is 4.57 Å². The molecule has 0 N–H and O–H groups in total. The predicted octanol–water partition coefficient (Wildman–Crippen LogP) is 4.99. The van der Waals surface area contributed by atoms with Crippen LogP contribution in [-0.2, 0) is 6.54 Å². The fourth-order valence-electron chi connectivity index (χ4n) is 2.47. The van der Waals surface area contributed by atoms with Crippen LogP contribution in [0.25, 0.3) is 10.9 Å². The molecule has 0 radical (unpaired) electrons. The molecule has 2 nitrogen and oxygen atoms in total. The van der Waals surface area contributed by atoms with Crippen molar-refractivity contribution >= 4 is 26.8 Å². The van der Waals surface area contributed by atoms with Crippen LogP contribution < -0.4 is 4.74 Å². The third-order valence-electron chi connectivity index (χ3n) is 3.45. The second-order valence-electron chi connectivity index (χ2n) is 4.78. The van der Waals surface area contributed by atoms with Gasteiger partial charge in [0.15, 0.2) is 0 Å². The lowest BCUT2D eigenvalue weighted by Gasteiger charge is -2.09. The Hall–Kier alpha value is -1.81. The largest absolute Gasteiger partial charge is 0.493 e. The summed E-state index contributed by atoms with van der Waals surface area (Å²) in [6.45, 7) is 3.22. The van der Waals surface area contributed by atoms with E-state index >= 15 is 0 Å². The zero-order valence-electron chi connectivity index (χ0n) is 11.6. The molecule has 3 rings (SSSR count). The summed E-state index contributed by atoms with van der Waals surface area (Å²) in [5.41, 5.74) is 1.99. The fourth-order valence-corrected chi connectivity index (χ4v) is 2.86. The first-order chi connectivity index (χ1) is 10.2. The van der Waals surface area contributed by atoms with Gasteiger partial charge in [-0.15, -0.1) is 0 Å². The molecule has 0 saturated heterocycles. The van der Waals surface area contributed by atoms with Gasteiger partial charge in [-0.1, -0.05) is 18.2 Å². The van der Waals surface area contributed by atoms with E-state index in [1.54, 1.807) is 6.07 Å². The Bertz CT molecular complexity index is 782. The zero-order valence-corrected chi connectivity index (χ0v) is 13.2. The Kier molecular flexibility index (Phi) is 3.97. The van der Waals surface area contributed by atoms with Gasteiger partial charge in [-0.25, -0.2) is 4.39 Å². The number of hydrogen-bond donors (Lipinski definition) is 0. The van der Waals surface area contributed by atoms with E-state index in [0.29, 0.717) is 17.6 Å². The van der Waals surface area contributed by atoms with E-state index in [1.807, 2.05) is 43.5 Å². The van der Waals surface area contributed by atoms with Crippen molar-refractivity contribution in [2.45, 2.75) is 13.5 Å². The lowest BCUT2D eigenvalue weighted by molar-refractivity contribution is 0.344. The van der Waals surface area contributed by atoms with Gasteiger partial charge in [0, 0.05) is 18.1 Å². The summed E-state index contributed by atoms with van der Waals surface area (Å²) in [6, 6.07) is 13.1. The first-order valence-electron chi connectivity index (χ1n) is 6.84. The van der Waals surface area contributed by atoms with Crippen LogP contribution in [0.3, 0.4) is 0 Å². The number of rotatable bonds is 4. The van der Waals surface area contributed by atoms with E-state index in [1.165, 1.54) is 6.07 Å². The summed E-state index contributed by atoms with van der Waals surface area (Å²) in [5, 5.41) is 1.08. The van der Waals surface area contributed by atoms with Crippen LogP contribution in [0.15, 0.2) is 53.1 Å². The standard InChI is InChI=1S/C17H15BrFNO/c1-2-21-16-8-4-7-15-13(16)9-10-20(15)11-12-5-3-6-14(19)17(12)18/h3-10H,2,11H2,1H3. The molecule has 0 aliphatic carbocycles. The Labute approximate surface area is 131 Å². The van der Waals surface area contributed by atoms with Crippen molar-refractivity contribution in [2.24, 2.45) is 0 Å². The summed E-state index contributed by atoms with van der Waals surface area (Å²) in [7, 11) is 0.